The normalized spacial score (nSPS) is 19.0. The number of urea groups is 1. The van der Waals surface area contributed by atoms with Crippen LogP contribution in [-0.4, -0.2) is 58.1 Å². The number of para-hydroxylation sites is 2. The lowest BCUT2D eigenvalue weighted by Gasteiger charge is -2.35. The molecule has 0 spiro atoms. The van der Waals surface area contributed by atoms with Gasteiger partial charge in [0.05, 0.1) is 24.0 Å². The Morgan fingerprint density at radius 3 is 2.72 bits per heavy atom. The zero-order valence-corrected chi connectivity index (χ0v) is 17.7. The zero-order valence-electron chi connectivity index (χ0n) is 17.7. The quantitative estimate of drug-likeness (QED) is 0.646. The van der Waals surface area contributed by atoms with Gasteiger partial charge in [0.1, 0.15) is 12.4 Å². The van der Waals surface area contributed by atoms with Gasteiger partial charge in [-0.1, -0.05) is 36.4 Å². The first kappa shape index (κ1) is 18.8. The third-order valence-corrected chi connectivity index (χ3v) is 6.31. The Bertz CT molecular complexity index is 1260. The highest BCUT2D eigenvalue weighted by atomic mass is 16.2. The number of rotatable bonds is 3. The molecule has 0 N–H and O–H groups in total. The van der Waals surface area contributed by atoms with Gasteiger partial charge in [-0.05, 0) is 37.1 Å². The van der Waals surface area contributed by atoms with Gasteiger partial charge in [-0.25, -0.2) is 9.48 Å². The van der Waals surface area contributed by atoms with Crippen LogP contribution < -0.4 is 9.80 Å². The third-order valence-electron chi connectivity index (χ3n) is 6.31. The van der Waals surface area contributed by atoms with E-state index in [0.29, 0.717) is 24.7 Å². The van der Waals surface area contributed by atoms with Crippen molar-refractivity contribution in [2.24, 2.45) is 4.99 Å². The monoisotopic (exact) mass is 426 g/mol. The highest BCUT2D eigenvalue weighted by Gasteiger charge is 2.42. The first-order valence-electron chi connectivity index (χ1n) is 10.8. The Balaban J connectivity index is 1.42. The number of hydrogen-bond acceptors (Lipinski definition) is 4. The molecule has 0 saturated carbocycles. The van der Waals surface area contributed by atoms with Crippen molar-refractivity contribution in [3.05, 3.63) is 71.9 Å². The van der Waals surface area contributed by atoms with Crippen LogP contribution in [0.4, 0.5) is 16.3 Å². The fourth-order valence-corrected chi connectivity index (χ4v) is 4.92. The van der Waals surface area contributed by atoms with Crippen LogP contribution in [-0.2, 0) is 11.2 Å². The molecule has 2 aromatic carbocycles. The minimum Gasteiger partial charge on any atom is -0.307 e. The highest BCUT2D eigenvalue weighted by Crippen LogP contribution is 2.35. The molecule has 3 aromatic rings. The lowest BCUT2D eigenvalue weighted by molar-refractivity contribution is -0.117. The van der Waals surface area contributed by atoms with E-state index in [-0.39, 0.29) is 24.5 Å². The molecule has 4 heterocycles. The average molecular weight is 426 g/mol. The molecular weight excluding hydrogens is 404 g/mol. The van der Waals surface area contributed by atoms with Crippen molar-refractivity contribution < 1.29 is 9.59 Å². The van der Waals surface area contributed by atoms with Crippen LogP contribution in [0, 0.1) is 0 Å². The van der Waals surface area contributed by atoms with Crippen LogP contribution in [0.3, 0.4) is 0 Å². The number of amidine groups is 1. The SMILES string of the molecule is CC1Cc2ccccc2N1C(=O)CN1C(=O)N2CCN=C2c2cnn(-c3ccccc3)c21. The maximum Gasteiger partial charge on any atom is 0.331 e. The van der Waals surface area contributed by atoms with Crippen molar-refractivity contribution >= 4 is 29.3 Å². The first-order chi connectivity index (χ1) is 15.6. The number of hydrogen-bond donors (Lipinski definition) is 0. The van der Waals surface area contributed by atoms with Crippen LogP contribution in [0.25, 0.3) is 5.69 Å². The van der Waals surface area contributed by atoms with Gasteiger partial charge in [0.15, 0.2) is 5.82 Å². The van der Waals surface area contributed by atoms with E-state index in [2.05, 4.69) is 16.2 Å². The summed E-state index contributed by atoms with van der Waals surface area (Å²) in [6, 6.07) is 17.4. The second kappa shape index (κ2) is 7.05. The predicted octanol–water partition coefficient (Wildman–Crippen LogP) is 2.85. The number of anilines is 2. The molecule has 32 heavy (non-hydrogen) atoms. The predicted molar refractivity (Wildman–Crippen MR) is 122 cm³/mol. The van der Waals surface area contributed by atoms with Gasteiger partial charge >= 0.3 is 6.03 Å². The fraction of sp³-hybridized carbons (Fsp3) is 0.250. The van der Waals surface area contributed by atoms with E-state index < -0.39 is 0 Å². The smallest absolute Gasteiger partial charge is 0.307 e. The number of aromatic nitrogens is 2. The summed E-state index contributed by atoms with van der Waals surface area (Å²) in [4.78, 5) is 36.6. The van der Waals surface area contributed by atoms with E-state index in [4.69, 9.17) is 0 Å². The van der Waals surface area contributed by atoms with Gasteiger partial charge in [-0.3, -0.25) is 19.6 Å². The summed E-state index contributed by atoms with van der Waals surface area (Å²) in [5.74, 6) is 1.12. The molecule has 0 bridgehead atoms. The largest absolute Gasteiger partial charge is 0.331 e. The Kier molecular flexibility index (Phi) is 4.14. The minimum absolute atomic E-state index is 0.0437. The summed E-state index contributed by atoms with van der Waals surface area (Å²) in [6.07, 6.45) is 2.54. The number of aliphatic imine (C=N–C) groups is 1. The van der Waals surface area contributed by atoms with Crippen molar-refractivity contribution in [2.45, 2.75) is 19.4 Å². The molecule has 1 atom stereocenters. The summed E-state index contributed by atoms with van der Waals surface area (Å²) in [7, 11) is 0. The molecule has 8 nitrogen and oxygen atoms in total. The average Bonchev–Trinajstić information content (AvgIpc) is 3.52. The molecule has 0 aliphatic carbocycles. The molecule has 1 unspecified atom stereocenters. The van der Waals surface area contributed by atoms with E-state index in [1.807, 2.05) is 60.4 Å². The summed E-state index contributed by atoms with van der Waals surface area (Å²) in [5.41, 5.74) is 3.68. The molecule has 160 valence electrons. The Morgan fingerprint density at radius 2 is 1.88 bits per heavy atom. The standard InChI is InChI=1S/C24H22N6O2/c1-16-13-17-7-5-6-10-20(17)29(16)21(31)15-28-23-19(22-25-11-12-27(22)24(28)32)14-26-30(23)18-8-3-2-4-9-18/h2-10,14,16H,11-13,15H2,1H3. The maximum atomic E-state index is 13.6. The topological polar surface area (TPSA) is 74.0 Å². The summed E-state index contributed by atoms with van der Waals surface area (Å²) >= 11 is 0. The lowest BCUT2D eigenvalue weighted by atomic mass is 10.1. The van der Waals surface area contributed by atoms with Gasteiger partial charge in [-0.2, -0.15) is 5.10 Å². The summed E-state index contributed by atoms with van der Waals surface area (Å²) in [6.45, 7) is 3.04. The van der Waals surface area contributed by atoms with E-state index in [9.17, 15) is 9.59 Å². The van der Waals surface area contributed by atoms with Gasteiger partial charge in [0, 0.05) is 18.3 Å². The van der Waals surface area contributed by atoms with Crippen molar-refractivity contribution in [3.63, 3.8) is 0 Å². The van der Waals surface area contributed by atoms with Crippen molar-refractivity contribution in [3.8, 4) is 5.69 Å². The van der Waals surface area contributed by atoms with Gasteiger partial charge in [0.2, 0.25) is 5.91 Å². The maximum absolute atomic E-state index is 13.6. The molecule has 3 aliphatic heterocycles. The zero-order chi connectivity index (χ0) is 21.8. The van der Waals surface area contributed by atoms with Crippen molar-refractivity contribution in [1.82, 2.24) is 14.7 Å². The van der Waals surface area contributed by atoms with E-state index in [1.54, 1.807) is 20.7 Å². The molecule has 8 heteroatoms. The van der Waals surface area contributed by atoms with Crippen molar-refractivity contribution in [1.29, 1.82) is 0 Å². The Hall–Kier alpha value is -3.94. The van der Waals surface area contributed by atoms with Crippen LogP contribution in [0.5, 0.6) is 0 Å². The lowest BCUT2D eigenvalue weighted by Crippen LogP contribution is -2.54. The van der Waals surface area contributed by atoms with E-state index in [1.165, 1.54) is 0 Å². The number of benzene rings is 2. The Labute approximate surface area is 185 Å². The molecule has 0 radical (unpaired) electrons. The molecule has 0 saturated heterocycles. The Morgan fingerprint density at radius 1 is 1.09 bits per heavy atom. The van der Waals surface area contributed by atoms with E-state index >= 15 is 0 Å². The number of amides is 3. The molecule has 3 amide bonds. The van der Waals surface area contributed by atoms with Crippen LogP contribution in [0.1, 0.15) is 18.1 Å². The first-order valence-corrected chi connectivity index (χ1v) is 10.8. The van der Waals surface area contributed by atoms with E-state index in [0.717, 1.165) is 28.9 Å². The van der Waals surface area contributed by atoms with Gasteiger partial charge < -0.3 is 4.90 Å². The molecule has 6 rings (SSSR count). The highest BCUT2D eigenvalue weighted by molar-refractivity contribution is 6.20. The van der Waals surface area contributed by atoms with Crippen LogP contribution in [0.15, 0.2) is 65.8 Å². The minimum atomic E-state index is -0.236. The number of fused-ring (bicyclic) bond motifs is 4. The second-order valence-corrected chi connectivity index (χ2v) is 8.30. The molecular formula is C24H22N6O2. The number of carbonyl (C=O) groups excluding carboxylic acids is 2. The summed E-state index contributed by atoms with van der Waals surface area (Å²) < 4.78 is 1.72. The van der Waals surface area contributed by atoms with Gasteiger partial charge in [0.25, 0.3) is 0 Å². The number of nitrogens with zero attached hydrogens (tertiary/aromatic N) is 6. The number of carbonyl (C=O) groups is 2. The third kappa shape index (κ3) is 2.69. The fourth-order valence-electron chi connectivity index (χ4n) is 4.92. The molecule has 1 aromatic heterocycles. The molecule has 0 fully saturated rings. The summed E-state index contributed by atoms with van der Waals surface area (Å²) in [5, 5.41) is 4.56. The van der Waals surface area contributed by atoms with Crippen LogP contribution in [0.2, 0.25) is 0 Å². The van der Waals surface area contributed by atoms with Gasteiger partial charge in [-0.15, -0.1) is 0 Å². The van der Waals surface area contributed by atoms with Crippen molar-refractivity contribution in [2.75, 3.05) is 29.4 Å². The molecule has 3 aliphatic rings. The second-order valence-electron chi connectivity index (χ2n) is 8.30. The van der Waals surface area contributed by atoms with Crippen LogP contribution >= 0.6 is 0 Å².